The van der Waals surface area contributed by atoms with E-state index in [1.54, 1.807) is 24.3 Å². The summed E-state index contributed by atoms with van der Waals surface area (Å²) in [5.74, 6) is -3.13. The second-order valence-corrected chi connectivity index (χ2v) is 9.55. The number of ether oxygens (including phenoxy) is 2. The van der Waals surface area contributed by atoms with E-state index in [2.05, 4.69) is 10.6 Å². The lowest BCUT2D eigenvalue weighted by atomic mass is 10.2. The number of methoxy groups -OCH3 is 1. The quantitative estimate of drug-likeness (QED) is 0.351. The van der Waals surface area contributed by atoms with Gasteiger partial charge in [-0.1, -0.05) is 18.2 Å². The lowest BCUT2D eigenvalue weighted by molar-refractivity contribution is -0.127. The third kappa shape index (κ3) is 7.03. The molecule has 3 aromatic rings. The fraction of sp³-hybridized carbons (Fsp3) is 0.143. The molecule has 1 saturated heterocycles. The van der Waals surface area contributed by atoms with E-state index in [9.17, 15) is 28.0 Å². The molecule has 1 fully saturated rings. The number of rotatable bonds is 9. The first-order valence-electron chi connectivity index (χ1n) is 11.8. The third-order valence-corrected chi connectivity index (χ3v) is 6.43. The number of nitrogens with zero attached hydrogens (tertiary/aromatic N) is 1. The average Bonchev–Trinajstić information content (AvgIpc) is 3.16. The van der Waals surface area contributed by atoms with Crippen molar-refractivity contribution in [2.75, 3.05) is 30.9 Å². The molecule has 12 heteroatoms. The van der Waals surface area contributed by atoms with Crippen molar-refractivity contribution in [3.05, 3.63) is 88.3 Å². The van der Waals surface area contributed by atoms with Crippen molar-refractivity contribution in [2.24, 2.45) is 0 Å². The first-order valence-corrected chi connectivity index (χ1v) is 12.6. The number of thioether (sulfide) groups is 1. The number of carbonyl (C=O) groups is 4. The van der Waals surface area contributed by atoms with Gasteiger partial charge in [0.05, 0.1) is 17.7 Å². The van der Waals surface area contributed by atoms with Crippen molar-refractivity contribution in [3.63, 3.8) is 0 Å². The molecule has 0 radical (unpaired) electrons. The number of hydrogen-bond donors (Lipinski definition) is 2. The standard InChI is InChI=1S/C28H23F2N3O6S/c1-16-4-3-5-19(10-16)31-26(35)15-39-22-9-6-17(11-23(22)38-2)12-24-27(36)33(28(37)40-24)14-25(34)32-21-8-7-18(29)13-20(21)30/h3-13H,14-15H2,1-2H3,(H,31,35)(H,32,34)/b24-12+. The monoisotopic (exact) mass is 567 g/mol. The Morgan fingerprint density at radius 3 is 2.50 bits per heavy atom. The Balaban J connectivity index is 1.38. The fourth-order valence-corrected chi connectivity index (χ4v) is 4.51. The minimum atomic E-state index is -0.990. The van der Waals surface area contributed by atoms with E-state index >= 15 is 0 Å². The smallest absolute Gasteiger partial charge is 0.294 e. The minimum absolute atomic E-state index is 0.0546. The van der Waals surface area contributed by atoms with E-state index in [0.29, 0.717) is 29.1 Å². The normalized spacial score (nSPS) is 13.9. The summed E-state index contributed by atoms with van der Waals surface area (Å²) in [6.07, 6.45) is 1.44. The number of amides is 4. The predicted molar refractivity (Wildman–Crippen MR) is 146 cm³/mol. The molecule has 4 amide bonds. The molecule has 1 aliphatic rings. The third-order valence-electron chi connectivity index (χ3n) is 5.53. The molecule has 0 spiro atoms. The van der Waals surface area contributed by atoms with Gasteiger partial charge in [-0.25, -0.2) is 8.78 Å². The van der Waals surface area contributed by atoms with Crippen LogP contribution in [0, 0.1) is 18.6 Å². The second kappa shape index (κ2) is 12.4. The predicted octanol–water partition coefficient (Wildman–Crippen LogP) is 4.97. The minimum Gasteiger partial charge on any atom is -0.493 e. The van der Waals surface area contributed by atoms with E-state index in [4.69, 9.17) is 9.47 Å². The summed E-state index contributed by atoms with van der Waals surface area (Å²) >= 11 is 0.634. The molecule has 2 N–H and O–H groups in total. The highest BCUT2D eigenvalue weighted by molar-refractivity contribution is 8.18. The van der Waals surface area contributed by atoms with Crippen LogP contribution in [-0.2, 0) is 14.4 Å². The van der Waals surface area contributed by atoms with Crippen molar-refractivity contribution < 1.29 is 37.4 Å². The van der Waals surface area contributed by atoms with Gasteiger partial charge in [0.2, 0.25) is 5.91 Å². The van der Waals surface area contributed by atoms with Crippen LogP contribution in [0.15, 0.2) is 65.6 Å². The SMILES string of the molecule is COc1cc(/C=C2/SC(=O)N(CC(=O)Nc3ccc(F)cc3F)C2=O)ccc1OCC(=O)Nc1cccc(C)c1. The number of hydrogen-bond acceptors (Lipinski definition) is 7. The van der Waals surface area contributed by atoms with Crippen molar-refractivity contribution in [1.29, 1.82) is 0 Å². The Kier molecular flexibility index (Phi) is 8.80. The Hall–Kier alpha value is -4.71. The van der Waals surface area contributed by atoms with Gasteiger partial charge in [-0.15, -0.1) is 0 Å². The van der Waals surface area contributed by atoms with E-state index in [-0.39, 0.29) is 34.6 Å². The first-order chi connectivity index (χ1) is 19.1. The van der Waals surface area contributed by atoms with Crippen LogP contribution in [0.25, 0.3) is 6.08 Å². The molecule has 0 unspecified atom stereocenters. The molecule has 0 aromatic heterocycles. The highest BCUT2D eigenvalue weighted by Gasteiger charge is 2.36. The summed E-state index contributed by atoms with van der Waals surface area (Å²) in [6.45, 7) is 0.986. The maximum Gasteiger partial charge on any atom is 0.294 e. The maximum atomic E-state index is 13.8. The van der Waals surface area contributed by atoms with Gasteiger partial charge in [-0.3, -0.25) is 24.1 Å². The van der Waals surface area contributed by atoms with Gasteiger partial charge >= 0.3 is 0 Å². The van der Waals surface area contributed by atoms with Crippen molar-refractivity contribution in [1.82, 2.24) is 4.90 Å². The summed E-state index contributed by atoms with van der Waals surface area (Å²) in [7, 11) is 1.41. The number of imide groups is 1. The van der Waals surface area contributed by atoms with E-state index in [1.165, 1.54) is 13.2 Å². The molecule has 9 nitrogen and oxygen atoms in total. The summed E-state index contributed by atoms with van der Waals surface area (Å²) in [5, 5.41) is 4.27. The summed E-state index contributed by atoms with van der Waals surface area (Å²) in [6, 6.07) is 14.6. The molecule has 0 aliphatic carbocycles. The number of anilines is 2. The Bertz CT molecular complexity index is 1530. The Morgan fingerprint density at radius 2 is 1.77 bits per heavy atom. The first kappa shape index (κ1) is 28.3. The number of aryl methyl sites for hydroxylation is 1. The molecular formula is C28H23F2N3O6S. The van der Waals surface area contributed by atoms with Gasteiger partial charge in [-0.2, -0.15) is 0 Å². The van der Waals surface area contributed by atoms with Gasteiger partial charge in [0.1, 0.15) is 18.2 Å². The van der Waals surface area contributed by atoms with Crippen molar-refractivity contribution in [3.8, 4) is 11.5 Å². The maximum absolute atomic E-state index is 13.8. The summed E-state index contributed by atoms with van der Waals surface area (Å²) < 4.78 is 37.8. The van der Waals surface area contributed by atoms with Crippen LogP contribution in [0.2, 0.25) is 0 Å². The van der Waals surface area contributed by atoms with E-state index < -0.39 is 35.2 Å². The molecule has 40 heavy (non-hydrogen) atoms. The van der Waals surface area contributed by atoms with Crippen LogP contribution in [0.1, 0.15) is 11.1 Å². The van der Waals surface area contributed by atoms with Crippen LogP contribution in [0.3, 0.4) is 0 Å². The van der Waals surface area contributed by atoms with E-state index in [0.717, 1.165) is 22.6 Å². The molecule has 1 heterocycles. The zero-order valence-corrected chi connectivity index (χ0v) is 22.1. The van der Waals surface area contributed by atoms with Crippen molar-refractivity contribution in [2.45, 2.75) is 6.92 Å². The number of carbonyl (C=O) groups excluding carboxylic acids is 4. The lowest BCUT2D eigenvalue weighted by Gasteiger charge is -2.13. The van der Waals surface area contributed by atoms with Crippen LogP contribution in [0.4, 0.5) is 25.0 Å². The zero-order chi connectivity index (χ0) is 28.8. The largest absolute Gasteiger partial charge is 0.493 e. The Morgan fingerprint density at radius 1 is 0.975 bits per heavy atom. The molecule has 0 bridgehead atoms. The average molecular weight is 568 g/mol. The number of nitrogens with one attached hydrogen (secondary N) is 2. The van der Waals surface area contributed by atoms with Crippen molar-refractivity contribution >= 4 is 52.2 Å². The lowest BCUT2D eigenvalue weighted by Crippen LogP contribution is -2.36. The van der Waals surface area contributed by atoms with E-state index in [1.807, 2.05) is 25.1 Å². The molecule has 3 aromatic carbocycles. The van der Waals surface area contributed by atoms with Gasteiger partial charge in [-0.05, 0) is 72.3 Å². The van der Waals surface area contributed by atoms with Crippen LogP contribution in [-0.4, -0.2) is 48.1 Å². The van der Waals surface area contributed by atoms with Gasteiger partial charge in [0.25, 0.3) is 17.1 Å². The molecule has 1 aliphatic heterocycles. The molecule has 206 valence electrons. The fourth-order valence-electron chi connectivity index (χ4n) is 3.67. The number of benzene rings is 3. The Labute approximate surface area is 232 Å². The van der Waals surface area contributed by atoms with Gasteiger partial charge in [0.15, 0.2) is 18.1 Å². The highest BCUT2D eigenvalue weighted by Crippen LogP contribution is 2.34. The van der Waals surface area contributed by atoms with Gasteiger partial charge < -0.3 is 20.1 Å². The molecular weight excluding hydrogens is 544 g/mol. The molecule has 0 saturated carbocycles. The second-order valence-electron chi connectivity index (χ2n) is 8.56. The highest BCUT2D eigenvalue weighted by atomic mass is 32.2. The van der Waals surface area contributed by atoms with Crippen LogP contribution < -0.4 is 20.1 Å². The van der Waals surface area contributed by atoms with Gasteiger partial charge in [0, 0.05) is 11.8 Å². The topological polar surface area (TPSA) is 114 Å². The van der Waals surface area contributed by atoms with Crippen LogP contribution >= 0.6 is 11.8 Å². The summed E-state index contributed by atoms with van der Waals surface area (Å²) in [4.78, 5) is 50.6. The molecule has 0 atom stereocenters. The van der Waals surface area contributed by atoms with Crippen LogP contribution in [0.5, 0.6) is 11.5 Å². The molecule has 4 rings (SSSR count). The summed E-state index contributed by atoms with van der Waals surface area (Å²) in [5.41, 5.74) is 1.86. The zero-order valence-electron chi connectivity index (χ0n) is 21.3. The number of halogens is 2.